The van der Waals surface area contributed by atoms with E-state index in [2.05, 4.69) is 5.32 Å². The van der Waals surface area contributed by atoms with E-state index in [0.29, 0.717) is 18.6 Å². The van der Waals surface area contributed by atoms with E-state index in [1.165, 1.54) is 12.8 Å². The minimum Gasteiger partial charge on any atom is -0.383 e. The first-order valence-corrected chi connectivity index (χ1v) is 7.46. The van der Waals surface area contributed by atoms with Gasteiger partial charge in [0.25, 0.3) is 5.91 Å². The Kier molecular flexibility index (Phi) is 4.08. The van der Waals surface area contributed by atoms with Crippen molar-refractivity contribution in [1.29, 1.82) is 0 Å². The van der Waals surface area contributed by atoms with Crippen molar-refractivity contribution >= 4 is 5.91 Å². The quantitative estimate of drug-likeness (QED) is 0.891. The van der Waals surface area contributed by atoms with Crippen molar-refractivity contribution < 1.29 is 9.53 Å². The average molecular weight is 277 g/mol. The number of likely N-dealkylation sites (tertiary alicyclic amines) is 1. The van der Waals surface area contributed by atoms with Crippen LogP contribution in [0.1, 0.15) is 23.3 Å². The molecule has 3 heterocycles. The van der Waals surface area contributed by atoms with Crippen LogP contribution >= 0.6 is 0 Å². The number of methoxy groups -OCH3 is 1. The van der Waals surface area contributed by atoms with Gasteiger partial charge in [-0.3, -0.25) is 4.79 Å². The van der Waals surface area contributed by atoms with Crippen LogP contribution in [0.5, 0.6) is 0 Å². The van der Waals surface area contributed by atoms with Gasteiger partial charge in [-0.1, -0.05) is 0 Å². The number of nitrogens with one attached hydrogen (secondary N) is 1. The number of carbonyl (C=O) groups is 1. The molecular formula is C15H23N3O2. The number of ether oxygens (including phenoxy) is 1. The van der Waals surface area contributed by atoms with E-state index in [1.807, 2.05) is 27.8 Å². The van der Waals surface area contributed by atoms with Gasteiger partial charge in [0.05, 0.1) is 6.61 Å². The molecule has 20 heavy (non-hydrogen) atoms. The molecule has 1 aromatic rings. The maximum absolute atomic E-state index is 12.7. The van der Waals surface area contributed by atoms with Gasteiger partial charge in [0.2, 0.25) is 0 Å². The molecule has 5 heteroatoms. The molecule has 2 atom stereocenters. The maximum atomic E-state index is 12.7. The molecule has 3 rings (SSSR count). The molecule has 0 spiro atoms. The van der Waals surface area contributed by atoms with Gasteiger partial charge in [0.1, 0.15) is 5.69 Å². The Balaban J connectivity index is 1.68. The minimum absolute atomic E-state index is 0.155. The molecule has 0 saturated carbocycles. The third-order valence-corrected chi connectivity index (χ3v) is 4.47. The van der Waals surface area contributed by atoms with Gasteiger partial charge in [0.15, 0.2) is 0 Å². The topological polar surface area (TPSA) is 46.5 Å². The van der Waals surface area contributed by atoms with Crippen molar-refractivity contribution in [3.63, 3.8) is 0 Å². The maximum Gasteiger partial charge on any atom is 0.270 e. The van der Waals surface area contributed by atoms with Crippen molar-refractivity contribution in [2.45, 2.75) is 25.4 Å². The summed E-state index contributed by atoms with van der Waals surface area (Å²) in [6.45, 7) is 4.18. The number of aromatic nitrogens is 1. The monoisotopic (exact) mass is 277 g/mol. The van der Waals surface area contributed by atoms with Crippen molar-refractivity contribution in [3.05, 3.63) is 24.0 Å². The van der Waals surface area contributed by atoms with Gasteiger partial charge in [0, 0.05) is 39.0 Å². The summed E-state index contributed by atoms with van der Waals surface area (Å²) in [5, 5.41) is 3.54. The van der Waals surface area contributed by atoms with Crippen LogP contribution in [0.25, 0.3) is 0 Å². The fraction of sp³-hybridized carbons (Fsp3) is 0.667. The van der Waals surface area contributed by atoms with E-state index < -0.39 is 0 Å². The average Bonchev–Trinajstić information content (AvgIpc) is 3.10. The molecule has 1 amide bonds. The van der Waals surface area contributed by atoms with Gasteiger partial charge >= 0.3 is 0 Å². The van der Waals surface area contributed by atoms with E-state index >= 15 is 0 Å². The number of hydrogen-bond donors (Lipinski definition) is 1. The Morgan fingerprint density at radius 2 is 2.40 bits per heavy atom. The van der Waals surface area contributed by atoms with Crippen LogP contribution in [0.4, 0.5) is 0 Å². The summed E-state index contributed by atoms with van der Waals surface area (Å²) >= 11 is 0. The van der Waals surface area contributed by atoms with Crippen LogP contribution in [0.15, 0.2) is 18.3 Å². The number of fused-ring (bicyclic) bond motifs is 1. The second kappa shape index (κ2) is 5.97. The highest BCUT2D eigenvalue weighted by atomic mass is 16.5. The molecule has 0 radical (unpaired) electrons. The first kappa shape index (κ1) is 13.6. The molecule has 110 valence electrons. The van der Waals surface area contributed by atoms with Crippen LogP contribution in [0.3, 0.4) is 0 Å². The number of carbonyl (C=O) groups excluding carboxylic acids is 1. The first-order chi connectivity index (χ1) is 9.79. The van der Waals surface area contributed by atoms with Crippen LogP contribution in [0, 0.1) is 5.92 Å². The Morgan fingerprint density at radius 3 is 3.20 bits per heavy atom. The summed E-state index contributed by atoms with van der Waals surface area (Å²) in [7, 11) is 1.68. The van der Waals surface area contributed by atoms with Gasteiger partial charge in [-0.2, -0.15) is 0 Å². The molecule has 1 N–H and O–H groups in total. The summed E-state index contributed by atoms with van der Waals surface area (Å²) in [5.74, 6) is 0.789. The molecule has 1 aromatic heterocycles. The molecule has 5 nitrogen and oxygen atoms in total. The molecule has 2 aliphatic rings. The molecule has 0 bridgehead atoms. The number of hydrogen-bond acceptors (Lipinski definition) is 3. The molecular weight excluding hydrogens is 254 g/mol. The fourth-order valence-corrected chi connectivity index (χ4v) is 3.37. The zero-order valence-electron chi connectivity index (χ0n) is 12.0. The summed E-state index contributed by atoms with van der Waals surface area (Å²) in [6.07, 6.45) is 4.42. The summed E-state index contributed by atoms with van der Waals surface area (Å²) in [6, 6.07) is 4.34. The van der Waals surface area contributed by atoms with Crippen LogP contribution in [0.2, 0.25) is 0 Å². The van der Waals surface area contributed by atoms with E-state index in [0.717, 1.165) is 31.9 Å². The highest BCUT2D eigenvalue weighted by molar-refractivity contribution is 5.93. The summed E-state index contributed by atoms with van der Waals surface area (Å²) in [5.41, 5.74) is 0.778. The van der Waals surface area contributed by atoms with Crippen molar-refractivity contribution in [3.8, 4) is 0 Å². The number of piperidine rings is 1. The lowest BCUT2D eigenvalue weighted by atomic mass is 9.94. The standard InChI is InChI=1S/C15H23N3O2/c1-20-9-8-17-7-3-5-14(17)15(19)18-10-12-4-2-6-16-13(12)11-18/h3,5,7,12-13,16H,2,4,6,8-11H2,1H3. The van der Waals surface area contributed by atoms with E-state index in [4.69, 9.17) is 4.74 Å². The highest BCUT2D eigenvalue weighted by Crippen LogP contribution is 2.26. The lowest BCUT2D eigenvalue weighted by Crippen LogP contribution is -2.41. The first-order valence-electron chi connectivity index (χ1n) is 7.46. The number of amides is 1. The zero-order valence-corrected chi connectivity index (χ0v) is 12.0. The van der Waals surface area contributed by atoms with Crippen molar-refractivity contribution in [2.24, 2.45) is 5.92 Å². The van der Waals surface area contributed by atoms with Gasteiger partial charge in [-0.05, 0) is 37.4 Å². The smallest absolute Gasteiger partial charge is 0.270 e. The Labute approximate surface area is 119 Å². The van der Waals surface area contributed by atoms with Crippen LogP contribution in [-0.2, 0) is 11.3 Å². The highest BCUT2D eigenvalue weighted by Gasteiger charge is 2.37. The van der Waals surface area contributed by atoms with E-state index in [9.17, 15) is 4.79 Å². The molecule has 2 aliphatic heterocycles. The third-order valence-electron chi connectivity index (χ3n) is 4.47. The van der Waals surface area contributed by atoms with Crippen molar-refractivity contribution in [1.82, 2.24) is 14.8 Å². The van der Waals surface area contributed by atoms with Gasteiger partial charge < -0.3 is 19.5 Å². The molecule has 2 saturated heterocycles. The van der Waals surface area contributed by atoms with Crippen LogP contribution < -0.4 is 5.32 Å². The van der Waals surface area contributed by atoms with E-state index in [1.54, 1.807) is 7.11 Å². The lowest BCUT2D eigenvalue weighted by molar-refractivity contribution is 0.0772. The molecule has 2 fully saturated rings. The third kappa shape index (κ3) is 2.60. The molecule has 2 unspecified atom stereocenters. The zero-order chi connectivity index (χ0) is 13.9. The minimum atomic E-state index is 0.155. The largest absolute Gasteiger partial charge is 0.383 e. The summed E-state index contributed by atoms with van der Waals surface area (Å²) < 4.78 is 7.08. The second-order valence-corrected chi connectivity index (χ2v) is 5.75. The number of rotatable bonds is 4. The predicted molar refractivity (Wildman–Crippen MR) is 76.7 cm³/mol. The van der Waals surface area contributed by atoms with Gasteiger partial charge in [-0.25, -0.2) is 0 Å². The SMILES string of the molecule is COCCn1cccc1C(=O)N1CC2CCCNC2C1. The Bertz CT molecular complexity index is 457. The molecule has 0 aliphatic carbocycles. The van der Waals surface area contributed by atoms with Crippen molar-refractivity contribution in [2.75, 3.05) is 33.4 Å². The predicted octanol–water partition coefficient (Wildman–Crippen LogP) is 0.958. The fourth-order valence-electron chi connectivity index (χ4n) is 3.37. The normalized spacial score (nSPS) is 25.8. The molecule has 0 aromatic carbocycles. The Hall–Kier alpha value is -1.33. The Morgan fingerprint density at radius 1 is 1.50 bits per heavy atom. The second-order valence-electron chi connectivity index (χ2n) is 5.75. The van der Waals surface area contributed by atoms with Crippen LogP contribution in [-0.4, -0.2) is 54.8 Å². The van der Waals surface area contributed by atoms with Gasteiger partial charge in [-0.15, -0.1) is 0 Å². The number of nitrogens with zero attached hydrogens (tertiary/aromatic N) is 2. The lowest BCUT2D eigenvalue weighted by Gasteiger charge is -2.24. The summed E-state index contributed by atoms with van der Waals surface area (Å²) in [4.78, 5) is 14.7. The van der Waals surface area contributed by atoms with E-state index in [-0.39, 0.29) is 5.91 Å².